The highest BCUT2D eigenvalue weighted by atomic mass is 19.1. The Kier molecular flexibility index (Phi) is 3.79. The highest BCUT2D eigenvalue weighted by Crippen LogP contribution is 2.42. The van der Waals surface area contributed by atoms with E-state index < -0.39 is 0 Å². The van der Waals surface area contributed by atoms with Gasteiger partial charge in [-0.15, -0.1) is 0 Å². The molecular weight excluding hydrogens is 253 g/mol. The summed E-state index contributed by atoms with van der Waals surface area (Å²) < 4.78 is 19.6. The van der Waals surface area contributed by atoms with Crippen molar-refractivity contribution in [2.45, 2.75) is 32.1 Å². The van der Waals surface area contributed by atoms with Crippen LogP contribution in [0.3, 0.4) is 0 Å². The zero-order valence-electron chi connectivity index (χ0n) is 12.2. The first-order valence-corrected chi connectivity index (χ1v) is 7.51. The summed E-state index contributed by atoms with van der Waals surface area (Å²) in [5, 5.41) is 4.16. The second-order valence-corrected chi connectivity index (χ2v) is 6.15. The molecule has 0 aliphatic heterocycles. The van der Waals surface area contributed by atoms with Crippen molar-refractivity contribution in [2.75, 3.05) is 13.6 Å². The molecule has 1 heterocycles. The zero-order valence-corrected chi connectivity index (χ0v) is 12.2. The number of fused-ring (bicyclic) bond motifs is 1. The normalized spacial score (nSPS) is 27.1. The number of hydrogen-bond acceptors (Lipinski definition) is 2. The number of rotatable bonds is 3. The Balaban J connectivity index is 1.96. The smallest absolute Gasteiger partial charge is 0.169 e. The Morgan fingerprint density at radius 2 is 2.20 bits per heavy atom. The van der Waals surface area contributed by atoms with Crippen LogP contribution in [0.5, 0.6) is 0 Å². The lowest BCUT2D eigenvalue weighted by Crippen LogP contribution is -2.29. The van der Waals surface area contributed by atoms with E-state index in [2.05, 4.69) is 12.2 Å². The lowest BCUT2D eigenvalue weighted by molar-refractivity contribution is 0.223. The minimum absolute atomic E-state index is 0.261. The maximum absolute atomic E-state index is 13.8. The average Bonchev–Trinajstić information content (AvgIpc) is 2.86. The Bertz CT molecular complexity index is 592. The maximum Gasteiger partial charge on any atom is 0.169 e. The zero-order chi connectivity index (χ0) is 14.1. The summed E-state index contributed by atoms with van der Waals surface area (Å²) in [7, 11) is 1.99. The van der Waals surface area contributed by atoms with Crippen LogP contribution >= 0.6 is 0 Å². The molecule has 0 amide bonds. The summed E-state index contributed by atoms with van der Waals surface area (Å²) in [6.07, 6.45) is 3.62. The number of hydrogen-bond donors (Lipinski definition) is 1. The third kappa shape index (κ3) is 2.47. The van der Waals surface area contributed by atoms with Gasteiger partial charge >= 0.3 is 0 Å². The maximum atomic E-state index is 13.8. The van der Waals surface area contributed by atoms with E-state index in [-0.39, 0.29) is 5.82 Å². The summed E-state index contributed by atoms with van der Waals surface area (Å²) in [6, 6.07) is 7.16. The van der Waals surface area contributed by atoms with Crippen LogP contribution in [0.1, 0.15) is 37.9 Å². The van der Waals surface area contributed by atoms with E-state index in [1.54, 1.807) is 6.07 Å². The highest BCUT2D eigenvalue weighted by molar-refractivity contribution is 5.78. The van der Waals surface area contributed by atoms with Gasteiger partial charge in [-0.1, -0.05) is 25.5 Å². The van der Waals surface area contributed by atoms with E-state index >= 15 is 0 Å². The molecule has 1 aromatic heterocycles. The monoisotopic (exact) mass is 275 g/mol. The van der Waals surface area contributed by atoms with Crippen LogP contribution in [-0.2, 0) is 0 Å². The van der Waals surface area contributed by atoms with E-state index in [0.717, 1.165) is 24.1 Å². The molecule has 3 heteroatoms. The molecule has 2 nitrogen and oxygen atoms in total. The van der Waals surface area contributed by atoms with Gasteiger partial charge in [0.1, 0.15) is 5.76 Å². The standard InChI is InChI=1S/C17H22FNO/c1-11-6-7-13(10-19-2)14(8-11)16-9-12-4-3-5-15(18)17(12)20-16/h3-5,9,11,13-14,19H,6-8,10H2,1-2H3. The van der Waals surface area contributed by atoms with Crippen molar-refractivity contribution in [1.29, 1.82) is 0 Å². The number of halogens is 1. The molecule has 0 saturated heterocycles. The molecule has 0 bridgehead atoms. The summed E-state index contributed by atoms with van der Waals surface area (Å²) in [4.78, 5) is 0. The van der Waals surface area contributed by atoms with E-state index in [1.807, 2.05) is 19.2 Å². The van der Waals surface area contributed by atoms with Gasteiger partial charge in [0.2, 0.25) is 0 Å². The van der Waals surface area contributed by atoms with Gasteiger partial charge in [-0.05, 0) is 50.4 Å². The minimum atomic E-state index is -0.261. The number of benzene rings is 1. The first-order chi connectivity index (χ1) is 9.69. The molecule has 1 fully saturated rings. The number of para-hydroxylation sites is 1. The molecule has 1 N–H and O–H groups in total. The molecule has 1 aromatic carbocycles. The molecule has 1 aliphatic carbocycles. The summed E-state index contributed by atoms with van der Waals surface area (Å²) in [6.45, 7) is 3.29. The summed E-state index contributed by atoms with van der Waals surface area (Å²) >= 11 is 0. The van der Waals surface area contributed by atoms with E-state index in [9.17, 15) is 4.39 Å². The quantitative estimate of drug-likeness (QED) is 0.903. The Morgan fingerprint density at radius 1 is 1.35 bits per heavy atom. The van der Waals surface area contributed by atoms with Crippen molar-refractivity contribution in [1.82, 2.24) is 5.32 Å². The molecule has 3 unspecified atom stereocenters. The molecule has 1 aliphatic rings. The predicted octanol–water partition coefficient (Wildman–Crippen LogP) is 4.31. The molecular formula is C17H22FNO. The summed E-state index contributed by atoms with van der Waals surface area (Å²) in [5.41, 5.74) is 0.406. The SMILES string of the molecule is CNCC1CCC(C)CC1c1cc2cccc(F)c2o1. The van der Waals surface area contributed by atoms with Crippen molar-refractivity contribution in [2.24, 2.45) is 11.8 Å². The average molecular weight is 275 g/mol. The van der Waals surface area contributed by atoms with Crippen molar-refractivity contribution in [3.05, 3.63) is 35.8 Å². The first kappa shape index (κ1) is 13.6. The minimum Gasteiger partial charge on any atom is -0.458 e. The van der Waals surface area contributed by atoms with Gasteiger partial charge < -0.3 is 9.73 Å². The Morgan fingerprint density at radius 3 is 2.95 bits per heavy atom. The van der Waals surface area contributed by atoms with Crippen LogP contribution in [0.25, 0.3) is 11.0 Å². The van der Waals surface area contributed by atoms with E-state index in [1.165, 1.54) is 18.9 Å². The molecule has 0 spiro atoms. The molecule has 108 valence electrons. The fourth-order valence-corrected chi connectivity index (χ4v) is 3.53. The van der Waals surface area contributed by atoms with Crippen molar-refractivity contribution in [3.8, 4) is 0 Å². The Labute approximate surface area is 119 Å². The van der Waals surface area contributed by atoms with Gasteiger partial charge in [-0.2, -0.15) is 0 Å². The van der Waals surface area contributed by atoms with Gasteiger partial charge in [0, 0.05) is 11.3 Å². The fraction of sp³-hybridized carbons (Fsp3) is 0.529. The second kappa shape index (κ2) is 5.57. The molecule has 0 radical (unpaired) electrons. The topological polar surface area (TPSA) is 25.2 Å². The lowest BCUT2D eigenvalue weighted by Gasteiger charge is -2.33. The van der Waals surface area contributed by atoms with Crippen molar-refractivity contribution < 1.29 is 8.81 Å². The van der Waals surface area contributed by atoms with Gasteiger partial charge in [0.15, 0.2) is 11.4 Å². The van der Waals surface area contributed by atoms with Crippen LogP contribution in [0.2, 0.25) is 0 Å². The van der Waals surface area contributed by atoms with Gasteiger partial charge in [0.05, 0.1) is 0 Å². The van der Waals surface area contributed by atoms with E-state index in [0.29, 0.717) is 23.3 Å². The lowest BCUT2D eigenvalue weighted by atomic mass is 9.73. The largest absolute Gasteiger partial charge is 0.458 e. The van der Waals surface area contributed by atoms with Crippen LogP contribution in [0.15, 0.2) is 28.7 Å². The highest BCUT2D eigenvalue weighted by Gasteiger charge is 2.31. The van der Waals surface area contributed by atoms with Gasteiger partial charge in [-0.25, -0.2) is 4.39 Å². The van der Waals surface area contributed by atoms with Crippen LogP contribution in [0.4, 0.5) is 4.39 Å². The van der Waals surface area contributed by atoms with Crippen LogP contribution in [0, 0.1) is 17.7 Å². The second-order valence-electron chi connectivity index (χ2n) is 6.15. The van der Waals surface area contributed by atoms with Gasteiger partial charge in [0.25, 0.3) is 0 Å². The molecule has 20 heavy (non-hydrogen) atoms. The molecule has 3 rings (SSSR count). The van der Waals surface area contributed by atoms with Crippen molar-refractivity contribution >= 4 is 11.0 Å². The fourth-order valence-electron chi connectivity index (χ4n) is 3.53. The Hall–Kier alpha value is -1.35. The van der Waals surface area contributed by atoms with Crippen LogP contribution < -0.4 is 5.32 Å². The number of furan rings is 1. The molecule has 3 atom stereocenters. The number of nitrogens with one attached hydrogen (secondary N) is 1. The molecule has 2 aromatic rings. The van der Waals surface area contributed by atoms with Crippen molar-refractivity contribution in [3.63, 3.8) is 0 Å². The van der Waals surface area contributed by atoms with Gasteiger partial charge in [-0.3, -0.25) is 0 Å². The molecule has 1 saturated carbocycles. The summed E-state index contributed by atoms with van der Waals surface area (Å²) in [5.74, 6) is 2.39. The third-order valence-corrected chi connectivity index (χ3v) is 4.60. The third-order valence-electron chi connectivity index (χ3n) is 4.60. The first-order valence-electron chi connectivity index (χ1n) is 7.51. The van der Waals surface area contributed by atoms with E-state index in [4.69, 9.17) is 4.42 Å². The predicted molar refractivity (Wildman–Crippen MR) is 79.3 cm³/mol. The van der Waals surface area contributed by atoms with Crippen LogP contribution in [-0.4, -0.2) is 13.6 Å².